The number of hydrogen-bond acceptors (Lipinski definition) is 5. The summed E-state index contributed by atoms with van der Waals surface area (Å²) in [7, 11) is 1.62. The Morgan fingerprint density at radius 2 is 2.15 bits per heavy atom. The van der Waals surface area contributed by atoms with Crippen LogP contribution in [0.2, 0.25) is 0 Å². The van der Waals surface area contributed by atoms with Crippen LogP contribution < -0.4 is 15.5 Å². The molecule has 2 N–H and O–H groups in total. The van der Waals surface area contributed by atoms with Crippen molar-refractivity contribution in [2.45, 2.75) is 19.0 Å². The van der Waals surface area contributed by atoms with Gasteiger partial charge in [0, 0.05) is 46.0 Å². The molecule has 27 heavy (non-hydrogen) atoms. The van der Waals surface area contributed by atoms with Gasteiger partial charge in [0.1, 0.15) is 5.82 Å². The summed E-state index contributed by atoms with van der Waals surface area (Å²) < 4.78 is 44.5. The van der Waals surface area contributed by atoms with Gasteiger partial charge >= 0.3 is 6.18 Å². The van der Waals surface area contributed by atoms with Gasteiger partial charge in [0.15, 0.2) is 0 Å². The maximum atomic E-state index is 13.2. The molecule has 0 spiro atoms. The van der Waals surface area contributed by atoms with Crippen LogP contribution in [-0.2, 0) is 15.7 Å². The average Bonchev–Trinajstić information content (AvgIpc) is 2.64. The molecule has 1 saturated heterocycles. The van der Waals surface area contributed by atoms with Crippen molar-refractivity contribution in [1.29, 1.82) is 0 Å². The van der Waals surface area contributed by atoms with Crippen LogP contribution >= 0.6 is 12.4 Å². The van der Waals surface area contributed by atoms with E-state index >= 15 is 0 Å². The number of nitrogens with one attached hydrogen (secondary N) is 2. The molecule has 1 aliphatic rings. The van der Waals surface area contributed by atoms with Crippen LogP contribution in [-0.4, -0.2) is 57.3 Å². The van der Waals surface area contributed by atoms with E-state index in [1.165, 1.54) is 12.3 Å². The zero-order valence-corrected chi connectivity index (χ0v) is 16.0. The van der Waals surface area contributed by atoms with Crippen molar-refractivity contribution in [2.75, 3.05) is 51.3 Å². The van der Waals surface area contributed by atoms with Crippen molar-refractivity contribution in [1.82, 2.24) is 15.6 Å². The molecule has 1 amide bonds. The quantitative estimate of drug-likeness (QED) is 0.642. The Hall–Kier alpha value is -1.58. The summed E-state index contributed by atoms with van der Waals surface area (Å²) in [6.45, 7) is 3.08. The molecule has 1 aliphatic heterocycles. The number of carbonyl (C=O) groups excluding carboxylic acids is 1. The minimum absolute atomic E-state index is 0. The lowest BCUT2D eigenvalue weighted by Crippen LogP contribution is -2.45. The molecule has 1 aromatic heterocycles. The summed E-state index contributed by atoms with van der Waals surface area (Å²) in [5.41, 5.74) is -0.761. The van der Waals surface area contributed by atoms with Crippen LogP contribution in [0.1, 0.15) is 18.4 Å². The summed E-state index contributed by atoms with van der Waals surface area (Å²) in [6, 6.07) is 2.30. The highest BCUT2D eigenvalue weighted by Crippen LogP contribution is 2.36. The third kappa shape index (κ3) is 7.15. The van der Waals surface area contributed by atoms with Gasteiger partial charge in [0.05, 0.1) is 18.1 Å². The first kappa shape index (κ1) is 23.5. The highest BCUT2D eigenvalue weighted by Gasteiger charge is 2.37. The average molecular weight is 411 g/mol. The van der Waals surface area contributed by atoms with Crippen molar-refractivity contribution in [3.05, 3.63) is 23.9 Å². The number of rotatable bonds is 8. The topological polar surface area (TPSA) is 66.5 Å². The monoisotopic (exact) mass is 410 g/mol. The fraction of sp³-hybridized carbons (Fsp3) is 0.647. The Labute approximate surface area is 163 Å². The molecule has 2 rings (SSSR count). The van der Waals surface area contributed by atoms with E-state index < -0.39 is 11.7 Å². The number of methoxy groups -OCH3 is 1. The predicted molar refractivity (Wildman–Crippen MR) is 99.2 cm³/mol. The van der Waals surface area contributed by atoms with Gasteiger partial charge in [-0.05, 0) is 25.0 Å². The first-order valence-electron chi connectivity index (χ1n) is 8.68. The minimum Gasteiger partial charge on any atom is -0.383 e. The lowest BCUT2D eigenvalue weighted by Gasteiger charge is -2.34. The van der Waals surface area contributed by atoms with E-state index in [4.69, 9.17) is 4.74 Å². The second kappa shape index (κ2) is 11.3. The molecule has 2 heterocycles. The van der Waals surface area contributed by atoms with Crippen LogP contribution in [0, 0.1) is 5.92 Å². The van der Waals surface area contributed by atoms with E-state index in [0.717, 1.165) is 6.07 Å². The van der Waals surface area contributed by atoms with Crippen molar-refractivity contribution in [3.8, 4) is 0 Å². The molecular weight excluding hydrogens is 385 g/mol. The van der Waals surface area contributed by atoms with Crippen LogP contribution in [0.25, 0.3) is 0 Å². The molecule has 1 aromatic rings. The lowest BCUT2D eigenvalue weighted by atomic mass is 9.96. The number of pyridine rings is 1. The normalized spacial score (nSPS) is 17.3. The van der Waals surface area contributed by atoms with Crippen LogP contribution in [0.4, 0.5) is 19.0 Å². The number of anilines is 1. The van der Waals surface area contributed by atoms with E-state index in [1.807, 2.05) is 0 Å². The number of aromatic nitrogens is 1. The van der Waals surface area contributed by atoms with Crippen molar-refractivity contribution >= 4 is 24.1 Å². The molecule has 6 nitrogen and oxygen atoms in total. The third-order valence-electron chi connectivity index (χ3n) is 4.27. The number of amides is 1. The Balaban J connectivity index is 0.00000364. The van der Waals surface area contributed by atoms with Crippen LogP contribution in [0.3, 0.4) is 0 Å². The molecule has 1 atom stereocenters. The summed E-state index contributed by atoms with van der Waals surface area (Å²) in [5, 5.41) is 5.95. The summed E-state index contributed by atoms with van der Waals surface area (Å²) >= 11 is 0. The van der Waals surface area contributed by atoms with Crippen molar-refractivity contribution < 1.29 is 22.7 Å². The van der Waals surface area contributed by atoms with Gasteiger partial charge in [-0.15, -0.1) is 12.4 Å². The van der Waals surface area contributed by atoms with Gasteiger partial charge in [0.2, 0.25) is 5.91 Å². The summed E-state index contributed by atoms with van der Waals surface area (Å²) in [6.07, 6.45) is -1.81. The zero-order valence-electron chi connectivity index (χ0n) is 15.2. The van der Waals surface area contributed by atoms with Gasteiger partial charge in [-0.25, -0.2) is 4.98 Å². The van der Waals surface area contributed by atoms with Gasteiger partial charge in [0.25, 0.3) is 0 Å². The number of nitrogens with zero attached hydrogens (tertiary/aromatic N) is 2. The minimum atomic E-state index is -4.47. The van der Waals surface area contributed by atoms with Crippen molar-refractivity contribution in [3.63, 3.8) is 0 Å². The molecule has 0 bridgehead atoms. The van der Waals surface area contributed by atoms with Crippen LogP contribution in [0.15, 0.2) is 18.3 Å². The SMILES string of the molecule is COCCNCCNC(=O)C1CCCN(c2ncccc2C(F)(F)F)C1.Cl. The molecule has 0 aromatic carbocycles. The Morgan fingerprint density at radius 1 is 1.37 bits per heavy atom. The smallest absolute Gasteiger partial charge is 0.383 e. The molecule has 0 saturated carbocycles. The Morgan fingerprint density at radius 3 is 2.85 bits per heavy atom. The summed E-state index contributed by atoms with van der Waals surface area (Å²) in [4.78, 5) is 17.8. The second-order valence-electron chi connectivity index (χ2n) is 6.19. The highest BCUT2D eigenvalue weighted by atomic mass is 35.5. The standard InChI is InChI=1S/C17H25F3N4O2.ClH/c1-26-11-9-21-7-8-23-16(25)13-4-3-10-24(12-13)15-14(17(18,19)20)5-2-6-22-15;/h2,5-6,13,21H,3-4,7-12H2,1H3,(H,23,25);1H. The Kier molecular flexibility index (Phi) is 9.82. The Bertz CT molecular complexity index is 590. The number of carbonyl (C=O) groups is 1. The van der Waals surface area contributed by atoms with E-state index in [2.05, 4.69) is 15.6 Å². The number of halogens is 4. The first-order chi connectivity index (χ1) is 12.4. The fourth-order valence-electron chi connectivity index (χ4n) is 2.97. The number of piperidine rings is 1. The number of alkyl halides is 3. The second-order valence-corrected chi connectivity index (χ2v) is 6.19. The lowest BCUT2D eigenvalue weighted by molar-refractivity contribution is -0.137. The van der Waals surface area contributed by atoms with Crippen molar-refractivity contribution in [2.24, 2.45) is 5.92 Å². The molecular formula is C17H26ClF3N4O2. The molecule has 154 valence electrons. The van der Waals surface area contributed by atoms with E-state index in [0.29, 0.717) is 45.6 Å². The third-order valence-corrected chi connectivity index (χ3v) is 4.27. The number of ether oxygens (including phenoxy) is 1. The molecule has 0 aliphatic carbocycles. The molecule has 10 heteroatoms. The largest absolute Gasteiger partial charge is 0.419 e. The van der Waals surface area contributed by atoms with Gasteiger partial charge in [-0.3, -0.25) is 4.79 Å². The molecule has 1 fully saturated rings. The van der Waals surface area contributed by atoms with Gasteiger partial charge in [-0.1, -0.05) is 0 Å². The van der Waals surface area contributed by atoms with Gasteiger partial charge < -0.3 is 20.3 Å². The van der Waals surface area contributed by atoms with E-state index in [1.54, 1.807) is 12.0 Å². The maximum Gasteiger partial charge on any atom is 0.419 e. The van der Waals surface area contributed by atoms with Crippen LogP contribution in [0.5, 0.6) is 0 Å². The maximum absolute atomic E-state index is 13.2. The fourth-order valence-corrected chi connectivity index (χ4v) is 2.97. The first-order valence-corrected chi connectivity index (χ1v) is 8.68. The molecule has 0 radical (unpaired) electrons. The van der Waals surface area contributed by atoms with Gasteiger partial charge in [-0.2, -0.15) is 13.2 Å². The van der Waals surface area contributed by atoms with E-state index in [9.17, 15) is 18.0 Å². The van der Waals surface area contributed by atoms with E-state index in [-0.39, 0.29) is 36.6 Å². The molecule has 1 unspecified atom stereocenters. The zero-order chi connectivity index (χ0) is 19.0. The number of hydrogen-bond donors (Lipinski definition) is 2. The predicted octanol–water partition coefficient (Wildman–Crippen LogP) is 2.09. The summed E-state index contributed by atoms with van der Waals surface area (Å²) in [5.74, 6) is -0.572. The highest BCUT2D eigenvalue weighted by molar-refractivity contribution is 5.85.